The highest BCUT2D eigenvalue weighted by Gasteiger charge is 2.20. The van der Waals surface area contributed by atoms with Gasteiger partial charge < -0.3 is 10.6 Å². The van der Waals surface area contributed by atoms with Crippen molar-refractivity contribution in [3.8, 4) is 0 Å². The van der Waals surface area contributed by atoms with Crippen LogP contribution in [0.4, 0.5) is 5.69 Å². The van der Waals surface area contributed by atoms with Crippen molar-refractivity contribution in [2.75, 3.05) is 18.4 Å². The Morgan fingerprint density at radius 1 is 1.26 bits per heavy atom. The Labute approximate surface area is 115 Å². The monoisotopic (exact) mass is 260 g/mol. The van der Waals surface area contributed by atoms with Gasteiger partial charge in [0.1, 0.15) is 0 Å². The molecule has 3 nitrogen and oxygen atoms in total. The van der Waals surface area contributed by atoms with Crippen LogP contribution >= 0.6 is 0 Å². The van der Waals surface area contributed by atoms with Gasteiger partial charge in [-0.3, -0.25) is 4.79 Å². The molecule has 0 heterocycles. The van der Waals surface area contributed by atoms with Gasteiger partial charge in [-0.25, -0.2) is 0 Å². The van der Waals surface area contributed by atoms with Gasteiger partial charge >= 0.3 is 0 Å². The molecule has 1 aliphatic carbocycles. The van der Waals surface area contributed by atoms with Crippen molar-refractivity contribution in [2.45, 2.75) is 39.0 Å². The summed E-state index contributed by atoms with van der Waals surface area (Å²) in [5.74, 6) is 0.977. The molecule has 3 heteroatoms. The van der Waals surface area contributed by atoms with Gasteiger partial charge in [0, 0.05) is 18.8 Å². The van der Waals surface area contributed by atoms with Crippen LogP contribution in [-0.4, -0.2) is 19.0 Å². The fraction of sp³-hybridized carbons (Fsp3) is 0.562. The first-order valence-corrected chi connectivity index (χ1v) is 7.42. The second kappa shape index (κ2) is 7.17. The predicted octanol–water partition coefficient (Wildman–Crippen LogP) is 3.43. The summed E-state index contributed by atoms with van der Waals surface area (Å²) < 4.78 is 0. The van der Waals surface area contributed by atoms with Crippen molar-refractivity contribution < 1.29 is 4.79 Å². The molecule has 0 aromatic heterocycles. The molecule has 1 aromatic rings. The highest BCUT2D eigenvalue weighted by Crippen LogP contribution is 2.33. The summed E-state index contributed by atoms with van der Waals surface area (Å²) in [5, 5.41) is 6.32. The van der Waals surface area contributed by atoms with Gasteiger partial charge in [-0.2, -0.15) is 0 Å². The molecule has 2 N–H and O–H groups in total. The van der Waals surface area contributed by atoms with Crippen molar-refractivity contribution in [3.05, 3.63) is 29.8 Å². The van der Waals surface area contributed by atoms with Crippen LogP contribution in [0, 0.1) is 5.92 Å². The van der Waals surface area contributed by atoms with Crippen molar-refractivity contribution in [1.29, 1.82) is 0 Å². The van der Waals surface area contributed by atoms with E-state index in [0.29, 0.717) is 0 Å². The van der Waals surface area contributed by atoms with Gasteiger partial charge in [-0.15, -0.1) is 0 Å². The SMILES string of the molecule is CCCNc1ccccc1C(=O)NCCCC1CC1. The lowest BCUT2D eigenvalue weighted by atomic mass is 10.1. The Hall–Kier alpha value is -1.51. The van der Waals surface area contributed by atoms with E-state index in [4.69, 9.17) is 0 Å². The Bertz CT molecular complexity index is 413. The van der Waals surface area contributed by atoms with Crippen LogP contribution in [0.15, 0.2) is 24.3 Å². The largest absolute Gasteiger partial charge is 0.384 e. The van der Waals surface area contributed by atoms with Gasteiger partial charge in [-0.05, 0) is 37.3 Å². The van der Waals surface area contributed by atoms with Crippen molar-refractivity contribution in [2.24, 2.45) is 5.92 Å². The quantitative estimate of drug-likeness (QED) is 0.703. The molecule has 0 atom stereocenters. The molecule has 0 unspecified atom stereocenters. The number of rotatable bonds is 8. The molecule has 0 radical (unpaired) electrons. The summed E-state index contributed by atoms with van der Waals surface area (Å²) in [6.45, 7) is 3.80. The average molecular weight is 260 g/mol. The summed E-state index contributed by atoms with van der Waals surface area (Å²) in [4.78, 5) is 12.1. The minimum absolute atomic E-state index is 0.0370. The summed E-state index contributed by atoms with van der Waals surface area (Å²) in [7, 11) is 0. The maximum Gasteiger partial charge on any atom is 0.253 e. The normalized spacial score (nSPS) is 14.2. The number of hydrogen-bond donors (Lipinski definition) is 2. The first-order valence-electron chi connectivity index (χ1n) is 7.42. The fourth-order valence-electron chi connectivity index (χ4n) is 2.19. The third kappa shape index (κ3) is 4.58. The number of amides is 1. The molecule has 2 rings (SSSR count). The zero-order chi connectivity index (χ0) is 13.5. The molecule has 19 heavy (non-hydrogen) atoms. The third-order valence-corrected chi connectivity index (χ3v) is 3.51. The molecule has 104 valence electrons. The molecular weight excluding hydrogens is 236 g/mol. The molecular formula is C16H24N2O. The average Bonchev–Trinajstić information content (AvgIpc) is 3.25. The number of carbonyl (C=O) groups is 1. The van der Waals surface area contributed by atoms with Crippen LogP contribution in [0.5, 0.6) is 0 Å². The number of carbonyl (C=O) groups excluding carboxylic acids is 1. The molecule has 0 spiro atoms. The number of benzene rings is 1. The number of hydrogen-bond acceptors (Lipinski definition) is 2. The van der Waals surface area contributed by atoms with Crippen molar-refractivity contribution in [3.63, 3.8) is 0 Å². The van der Waals surface area contributed by atoms with Gasteiger partial charge in [-0.1, -0.05) is 31.9 Å². The second-order valence-corrected chi connectivity index (χ2v) is 5.31. The maximum absolute atomic E-state index is 12.1. The van der Waals surface area contributed by atoms with Crippen LogP contribution in [0.2, 0.25) is 0 Å². The van der Waals surface area contributed by atoms with E-state index in [2.05, 4.69) is 17.6 Å². The molecule has 1 aliphatic rings. The number of para-hydroxylation sites is 1. The Kier molecular flexibility index (Phi) is 5.25. The van der Waals surface area contributed by atoms with Gasteiger partial charge in [0.15, 0.2) is 0 Å². The Balaban J connectivity index is 1.82. The maximum atomic E-state index is 12.1. The van der Waals surface area contributed by atoms with Gasteiger partial charge in [0.05, 0.1) is 5.56 Å². The second-order valence-electron chi connectivity index (χ2n) is 5.31. The van der Waals surface area contributed by atoms with E-state index in [1.54, 1.807) is 0 Å². The first-order chi connectivity index (χ1) is 9.31. The van der Waals surface area contributed by atoms with E-state index in [1.165, 1.54) is 19.3 Å². The van der Waals surface area contributed by atoms with E-state index >= 15 is 0 Å². The summed E-state index contributed by atoms with van der Waals surface area (Å²) >= 11 is 0. The van der Waals surface area contributed by atoms with Gasteiger partial charge in [0.25, 0.3) is 5.91 Å². The minimum Gasteiger partial charge on any atom is -0.384 e. The van der Waals surface area contributed by atoms with E-state index in [-0.39, 0.29) is 5.91 Å². The van der Waals surface area contributed by atoms with Crippen LogP contribution < -0.4 is 10.6 Å². The highest BCUT2D eigenvalue weighted by molar-refractivity contribution is 5.99. The zero-order valence-electron chi connectivity index (χ0n) is 11.7. The molecule has 0 bridgehead atoms. The standard InChI is InChI=1S/C16H24N2O/c1-2-11-17-15-8-4-3-7-14(15)16(19)18-12-5-6-13-9-10-13/h3-4,7-8,13,17H,2,5-6,9-12H2,1H3,(H,18,19). The molecule has 1 amide bonds. The van der Waals surface area contributed by atoms with Gasteiger partial charge in [0.2, 0.25) is 0 Å². The van der Waals surface area contributed by atoms with Crippen LogP contribution in [0.1, 0.15) is 49.4 Å². The van der Waals surface area contributed by atoms with Crippen LogP contribution in [0.3, 0.4) is 0 Å². The van der Waals surface area contributed by atoms with E-state index in [0.717, 1.165) is 43.1 Å². The number of anilines is 1. The molecule has 1 saturated carbocycles. The smallest absolute Gasteiger partial charge is 0.253 e. The molecule has 0 aliphatic heterocycles. The zero-order valence-corrected chi connectivity index (χ0v) is 11.7. The lowest BCUT2D eigenvalue weighted by Gasteiger charge is -2.11. The Morgan fingerprint density at radius 2 is 2.05 bits per heavy atom. The number of nitrogens with one attached hydrogen (secondary N) is 2. The Morgan fingerprint density at radius 3 is 2.79 bits per heavy atom. The molecule has 1 aromatic carbocycles. The topological polar surface area (TPSA) is 41.1 Å². The predicted molar refractivity (Wildman–Crippen MR) is 79.5 cm³/mol. The van der Waals surface area contributed by atoms with E-state index in [1.807, 2.05) is 24.3 Å². The fourth-order valence-corrected chi connectivity index (χ4v) is 2.19. The lowest BCUT2D eigenvalue weighted by molar-refractivity contribution is 0.0953. The molecule has 0 saturated heterocycles. The summed E-state index contributed by atoms with van der Waals surface area (Å²) in [6, 6.07) is 7.72. The van der Waals surface area contributed by atoms with Crippen LogP contribution in [-0.2, 0) is 0 Å². The van der Waals surface area contributed by atoms with Crippen molar-refractivity contribution >= 4 is 11.6 Å². The first kappa shape index (κ1) is 13.9. The third-order valence-electron chi connectivity index (χ3n) is 3.51. The highest BCUT2D eigenvalue weighted by atomic mass is 16.1. The van der Waals surface area contributed by atoms with E-state index in [9.17, 15) is 4.79 Å². The van der Waals surface area contributed by atoms with Crippen LogP contribution in [0.25, 0.3) is 0 Å². The summed E-state index contributed by atoms with van der Waals surface area (Å²) in [5.41, 5.74) is 1.69. The minimum atomic E-state index is 0.0370. The van der Waals surface area contributed by atoms with E-state index < -0.39 is 0 Å². The lowest BCUT2D eigenvalue weighted by Crippen LogP contribution is -2.25. The summed E-state index contributed by atoms with van der Waals surface area (Å²) in [6.07, 6.45) is 6.18. The molecule has 1 fully saturated rings. The van der Waals surface area contributed by atoms with Crippen molar-refractivity contribution in [1.82, 2.24) is 5.32 Å².